The van der Waals surface area contributed by atoms with Crippen LogP contribution in [0.2, 0.25) is 0 Å². The molecule has 1 aromatic rings. The zero-order valence-corrected chi connectivity index (χ0v) is 9.89. The molecule has 0 atom stereocenters. The van der Waals surface area contributed by atoms with Gasteiger partial charge in [0.15, 0.2) is 0 Å². The normalized spacial score (nSPS) is 11.0. The van der Waals surface area contributed by atoms with Crippen molar-refractivity contribution in [3.8, 4) is 0 Å². The van der Waals surface area contributed by atoms with Gasteiger partial charge in [-0.2, -0.15) is 5.10 Å². The lowest BCUT2D eigenvalue weighted by molar-refractivity contribution is -0.118. The highest BCUT2D eigenvalue weighted by molar-refractivity contribution is 5.80. The van der Waals surface area contributed by atoms with Crippen molar-refractivity contribution in [3.63, 3.8) is 0 Å². The Morgan fingerprint density at radius 3 is 2.94 bits per heavy atom. The highest BCUT2D eigenvalue weighted by atomic mass is 16.3. The highest BCUT2D eigenvalue weighted by Crippen LogP contribution is 2.04. The molecule has 1 rings (SSSR count). The van der Waals surface area contributed by atoms with E-state index in [1.807, 2.05) is 0 Å². The zero-order valence-electron chi connectivity index (χ0n) is 9.89. The van der Waals surface area contributed by atoms with E-state index in [1.54, 1.807) is 4.68 Å². The Balaban J connectivity index is 2.52. The predicted octanol–water partition coefficient (Wildman–Crippen LogP) is 0.818. The quantitative estimate of drug-likeness (QED) is 0.746. The Hall–Kier alpha value is -1.23. The number of carbonyl (C=O) groups excluding carboxylic acids is 1. The van der Waals surface area contributed by atoms with E-state index in [2.05, 4.69) is 23.9 Å². The molecule has 0 aliphatic heterocycles. The lowest BCUT2D eigenvalue weighted by Gasteiger charge is -2.07. The molecule has 0 aliphatic carbocycles. The fourth-order valence-electron chi connectivity index (χ4n) is 1.46. The van der Waals surface area contributed by atoms with Gasteiger partial charge in [-0.1, -0.05) is 13.8 Å². The maximum absolute atomic E-state index is 11.5. The summed E-state index contributed by atoms with van der Waals surface area (Å²) < 4.78 is 1.78. The summed E-state index contributed by atoms with van der Waals surface area (Å²) >= 11 is 0. The molecule has 0 amide bonds. The largest absolute Gasteiger partial charge is 0.396 e. The third kappa shape index (κ3) is 4.10. The Morgan fingerprint density at radius 1 is 1.56 bits per heavy atom. The van der Waals surface area contributed by atoms with Crippen molar-refractivity contribution < 1.29 is 9.90 Å². The molecular formula is C11H19N3O2. The number of hydrogen-bond acceptors (Lipinski definition) is 4. The summed E-state index contributed by atoms with van der Waals surface area (Å²) in [5.74, 6) is 1.30. The number of ketones is 1. The van der Waals surface area contributed by atoms with Crippen molar-refractivity contribution in [2.45, 2.75) is 39.7 Å². The molecule has 0 aliphatic rings. The van der Waals surface area contributed by atoms with Crippen LogP contribution in [-0.2, 0) is 17.8 Å². The molecule has 0 spiro atoms. The van der Waals surface area contributed by atoms with Gasteiger partial charge in [-0.15, -0.1) is 0 Å². The summed E-state index contributed by atoms with van der Waals surface area (Å²) in [6, 6.07) is 0. The second kappa shape index (κ2) is 6.37. The minimum Gasteiger partial charge on any atom is -0.396 e. The summed E-state index contributed by atoms with van der Waals surface area (Å²) in [5, 5.41) is 12.7. The minimum atomic E-state index is 0.0599. The summed E-state index contributed by atoms with van der Waals surface area (Å²) in [6.45, 7) is 5.03. The first-order valence-electron chi connectivity index (χ1n) is 5.62. The molecule has 0 radical (unpaired) electrons. The van der Waals surface area contributed by atoms with Gasteiger partial charge in [0.2, 0.25) is 0 Å². The van der Waals surface area contributed by atoms with Gasteiger partial charge in [0.25, 0.3) is 0 Å². The van der Waals surface area contributed by atoms with Gasteiger partial charge in [-0.05, 0) is 12.3 Å². The summed E-state index contributed by atoms with van der Waals surface area (Å²) in [5.41, 5.74) is 0. The van der Waals surface area contributed by atoms with Crippen LogP contribution in [0.25, 0.3) is 0 Å². The molecule has 0 saturated heterocycles. The molecule has 0 saturated carbocycles. The van der Waals surface area contributed by atoms with E-state index in [9.17, 15) is 4.79 Å². The summed E-state index contributed by atoms with van der Waals surface area (Å²) in [4.78, 5) is 15.6. The van der Waals surface area contributed by atoms with Crippen LogP contribution in [0.5, 0.6) is 0 Å². The van der Waals surface area contributed by atoms with Gasteiger partial charge in [0.05, 0.1) is 6.42 Å². The molecule has 5 heteroatoms. The second-order valence-corrected chi connectivity index (χ2v) is 4.29. The van der Waals surface area contributed by atoms with E-state index in [0.29, 0.717) is 25.2 Å². The number of aliphatic hydroxyl groups excluding tert-OH is 1. The van der Waals surface area contributed by atoms with Crippen LogP contribution >= 0.6 is 0 Å². The van der Waals surface area contributed by atoms with Crippen molar-refractivity contribution in [2.24, 2.45) is 5.92 Å². The molecule has 5 nitrogen and oxygen atoms in total. The van der Waals surface area contributed by atoms with Crippen LogP contribution in [0.15, 0.2) is 6.33 Å². The van der Waals surface area contributed by atoms with Crippen LogP contribution in [0.1, 0.15) is 32.5 Å². The molecule has 16 heavy (non-hydrogen) atoms. The third-order valence-corrected chi connectivity index (χ3v) is 2.20. The monoisotopic (exact) mass is 225 g/mol. The standard InChI is InChI=1S/C11H19N3O2/c1-9(2)7-14-11(12-8-13-14)6-10(16)4-3-5-15/h8-9,15H,3-7H2,1-2H3. The molecule has 1 N–H and O–H groups in total. The van der Waals surface area contributed by atoms with Crippen molar-refractivity contribution >= 4 is 5.78 Å². The van der Waals surface area contributed by atoms with E-state index < -0.39 is 0 Å². The number of nitrogens with zero attached hydrogens (tertiary/aromatic N) is 3. The van der Waals surface area contributed by atoms with Crippen LogP contribution in [0.4, 0.5) is 0 Å². The zero-order chi connectivity index (χ0) is 12.0. The number of aliphatic hydroxyl groups is 1. The number of aromatic nitrogens is 3. The van der Waals surface area contributed by atoms with Crippen LogP contribution < -0.4 is 0 Å². The fraction of sp³-hybridized carbons (Fsp3) is 0.727. The van der Waals surface area contributed by atoms with Gasteiger partial charge in [0.1, 0.15) is 17.9 Å². The topological polar surface area (TPSA) is 68.0 Å². The summed E-state index contributed by atoms with van der Waals surface area (Å²) in [7, 11) is 0. The van der Waals surface area contributed by atoms with Crippen molar-refractivity contribution in [3.05, 3.63) is 12.2 Å². The van der Waals surface area contributed by atoms with Crippen LogP contribution in [0, 0.1) is 5.92 Å². The van der Waals surface area contributed by atoms with Gasteiger partial charge in [0, 0.05) is 19.6 Å². The van der Waals surface area contributed by atoms with Crippen molar-refractivity contribution in [1.29, 1.82) is 0 Å². The van der Waals surface area contributed by atoms with Crippen LogP contribution in [-0.4, -0.2) is 32.3 Å². The average molecular weight is 225 g/mol. The smallest absolute Gasteiger partial charge is 0.140 e. The molecule has 0 bridgehead atoms. The molecule has 0 aromatic carbocycles. The van der Waals surface area contributed by atoms with E-state index in [1.165, 1.54) is 6.33 Å². The SMILES string of the molecule is CC(C)Cn1ncnc1CC(=O)CCCO. The molecule has 1 heterocycles. The second-order valence-electron chi connectivity index (χ2n) is 4.29. The first kappa shape index (κ1) is 12.8. The van der Waals surface area contributed by atoms with E-state index in [4.69, 9.17) is 5.11 Å². The Kier molecular flexibility index (Phi) is 5.11. The van der Waals surface area contributed by atoms with Gasteiger partial charge in [-0.25, -0.2) is 9.67 Å². The summed E-state index contributed by atoms with van der Waals surface area (Å²) in [6.07, 6.45) is 2.73. The number of carbonyl (C=O) groups is 1. The highest BCUT2D eigenvalue weighted by Gasteiger charge is 2.10. The number of Topliss-reactive ketones (excluding diaryl/α,β-unsaturated/α-hetero) is 1. The lowest BCUT2D eigenvalue weighted by atomic mass is 10.1. The van der Waals surface area contributed by atoms with E-state index in [-0.39, 0.29) is 12.4 Å². The molecule has 1 aromatic heterocycles. The maximum Gasteiger partial charge on any atom is 0.140 e. The maximum atomic E-state index is 11.5. The average Bonchev–Trinajstić information content (AvgIpc) is 2.62. The number of hydrogen-bond donors (Lipinski definition) is 1. The number of rotatable bonds is 7. The Morgan fingerprint density at radius 2 is 2.31 bits per heavy atom. The van der Waals surface area contributed by atoms with Gasteiger partial charge >= 0.3 is 0 Å². The third-order valence-electron chi connectivity index (χ3n) is 2.20. The fourth-order valence-corrected chi connectivity index (χ4v) is 1.46. The van der Waals surface area contributed by atoms with Crippen molar-refractivity contribution in [2.75, 3.05) is 6.61 Å². The van der Waals surface area contributed by atoms with Crippen LogP contribution in [0.3, 0.4) is 0 Å². The molecular weight excluding hydrogens is 206 g/mol. The van der Waals surface area contributed by atoms with Gasteiger partial charge < -0.3 is 5.11 Å². The first-order valence-corrected chi connectivity index (χ1v) is 5.62. The van der Waals surface area contributed by atoms with Crippen molar-refractivity contribution in [1.82, 2.24) is 14.8 Å². The minimum absolute atomic E-state index is 0.0599. The first-order chi connectivity index (χ1) is 7.63. The Bertz CT molecular complexity index is 334. The molecule has 90 valence electrons. The molecule has 0 unspecified atom stereocenters. The van der Waals surface area contributed by atoms with Gasteiger partial charge in [-0.3, -0.25) is 4.79 Å². The lowest BCUT2D eigenvalue weighted by Crippen LogP contribution is -2.14. The van der Waals surface area contributed by atoms with E-state index in [0.717, 1.165) is 12.4 Å². The predicted molar refractivity (Wildman–Crippen MR) is 59.9 cm³/mol. The molecule has 0 fully saturated rings. The Labute approximate surface area is 95.5 Å². The van der Waals surface area contributed by atoms with E-state index >= 15 is 0 Å².